The molecule has 1 aromatic rings. The van der Waals surface area contributed by atoms with Crippen LogP contribution in [0.3, 0.4) is 0 Å². The number of nitrogens with one attached hydrogen (secondary N) is 1. The normalized spacial score (nSPS) is 21.8. The highest BCUT2D eigenvalue weighted by molar-refractivity contribution is 6.36. The topological polar surface area (TPSA) is 15.3 Å². The lowest BCUT2D eigenvalue weighted by Gasteiger charge is -2.20. The van der Waals surface area contributed by atoms with Crippen LogP contribution in [-0.4, -0.2) is 31.6 Å². The number of nitrogens with zero attached hydrogens (tertiary/aromatic N) is 1. The highest BCUT2D eigenvalue weighted by Gasteiger charge is 2.21. The summed E-state index contributed by atoms with van der Waals surface area (Å²) in [5, 5.41) is 4.04. The molecule has 1 aromatic carbocycles. The summed E-state index contributed by atoms with van der Waals surface area (Å²) < 4.78 is 13.5. The van der Waals surface area contributed by atoms with E-state index in [1.807, 2.05) is 6.92 Å². The number of hydrogen-bond acceptors (Lipinski definition) is 2. The smallest absolute Gasteiger partial charge is 0.142 e. The number of likely N-dealkylation sites (tertiary alicyclic amines) is 1. The maximum Gasteiger partial charge on any atom is 0.142 e. The largest absolute Gasteiger partial charge is 0.310 e. The van der Waals surface area contributed by atoms with Gasteiger partial charge in [-0.15, -0.1) is 0 Å². The Morgan fingerprint density at radius 1 is 1.47 bits per heavy atom. The van der Waals surface area contributed by atoms with Crippen molar-refractivity contribution in [2.24, 2.45) is 5.92 Å². The van der Waals surface area contributed by atoms with E-state index in [2.05, 4.69) is 17.3 Å². The van der Waals surface area contributed by atoms with Gasteiger partial charge in [0, 0.05) is 23.2 Å². The Hall–Kier alpha value is -0.350. The molecule has 0 radical (unpaired) electrons. The molecule has 0 aromatic heterocycles. The van der Waals surface area contributed by atoms with Crippen molar-refractivity contribution in [3.05, 3.63) is 33.6 Å². The van der Waals surface area contributed by atoms with Gasteiger partial charge in [0.15, 0.2) is 0 Å². The molecule has 2 nitrogen and oxygen atoms in total. The fourth-order valence-electron chi connectivity index (χ4n) is 2.58. The molecule has 1 aliphatic heterocycles. The summed E-state index contributed by atoms with van der Waals surface area (Å²) in [6.07, 6.45) is 1.20. The van der Waals surface area contributed by atoms with Crippen LogP contribution in [0.15, 0.2) is 12.1 Å². The second-order valence-corrected chi connectivity index (χ2v) is 6.09. The molecule has 2 atom stereocenters. The molecule has 5 heteroatoms. The predicted molar refractivity (Wildman–Crippen MR) is 78.4 cm³/mol. The van der Waals surface area contributed by atoms with E-state index in [9.17, 15) is 4.39 Å². The Labute approximate surface area is 123 Å². The summed E-state index contributed by atoms with van der Waals surface area (Å²) in [6.45, 7) is 5.10. The monoisotopic (exact) mass is 304 g/mol. The van der Waals surface area contributed by atoms with Gasteiger partial charge in [0.1, 0.15) is 5.82 Å². The van der Waals surface area contributed by atoms with Crippen molar-refractivity contribution in [1.82, 2.24) is 10.2 Å². The van der Waals surface area contributed by atoms with E-state index in [1.54, 1.807) is 6.07 Å². The van der Waals surface area contributed by atoms with Crippen LogP contribution in [0.4, 0.5) is 4.39 Å². The van der Waals surface area contributed by atoms with Gasteiger partial charge >= 0.3 is 0 Å². The molecule has 1 saturated heterocycles. The predicted octanol–water partition coefficient (Wildman–Crippen LogP) is 3.73. The van der Waals surface area contributed by atoms with Gasteiger partial charge in [0.25, 0.3) is 0 Å². The van der Waals surface area contributed by atoms with Crippen LogP contribution in [0.2, 0.25) is 10.0 Å². The zero-order valence-corrected chi connectivity index (χ0v) is 12.7. The summed E-state index contributed by atoms with van der Waals surface area (Å²) in [6, 6.07) is 2.80. The van der Waals surface area contributed by atoms with E-state index in [-0.39, 0.29) is 11.1 Å². The maximum atomic E-state index is 13.5. The Morgan fingerprint density at radius 3 is 2.84 bits per heavy atom. The molecular formula is C14H19Cl2FN2. The third-order valence-electron chi connectivity index (χ3n) is 3.71. The van der Waals surface area contributed by atoms with E-state index in [1.165, 1.54) is 12.5 Å². The Kier molecular flexibility index (Phi) is 5.07. The van der Waals surface area contributed by atoms with Crippen molar-refractivity contribution in [3.63, 3.8) is 0 Å². The van der Waals surface area contributed by atoms with Gasteiger partial charge in [-0.25, -0.2) is 4.39 Å². The molecule has 1 N–H and O–H groups in total. The van der Waals surface area contributed by atoms with Crippen LogP contribution >= 0.6 is 23.2 Å². The highest BCUT2D eigenvalue weighted by Crippen LogP contribution is 2.32. The Morgan fingerprint density at radius 2 is 2.21 bits per heavy atom. The lowest BCUT2D eigenvalue weighted by atomic mass is 10.1. The van der Waals surface area contributed by atoms with Crippen molar-refractivity contribution >= 4 is 23.2 Å². The first kappa shape index (κ1) is 15.0. The number of halogens is 3. The quantitative estimate of drug-likeness (QED) is 0.853. The van der Waals surface area contributed by atoms with Crippen molar-refractivity contribution < 1.29 is 4.39 Å². The summed E-state index contributed by atoms with van der Waals surface area (Å²) in [5.41, 5.74) is 0.648. The van der Waals surface area contributed by atoms with Crippen molar-refractivity contribution in [3.8, 4) is 0 Å². The molecule has 0 saturated carbocycles. The first-order valence-electron chi connectivity index (χ1n) is 6.54. The first-order valence-corrected chi connectivity index (χ1v) is 7.30. The fraction of sp³-hybridized carbons (Fsp3) is 0.571. The van der Waals surface area contributed by atoms with Crippen LogP contribution in [0.25, 0.3) is 0 Å². The molecule has 2 rings (SSSR count). The molecule has 0 aliphatic carbocycles. The molecule has 1 fully saturated rings. The van der Waals surface area contributed by atoms with E-state index in [4.69, 9.17) is 23.2 Å². The Balaban J connectivity index is 2.00. The first-order chi connectivity index (χ1) is 8.99. The third-order valence-corrected chi connectivity index (χ3v) is 4.43. The van der Waals surface area contributed by atoms with Gasteiger partial charge in [0.05, 0.1) is 5.02 Å². The molecule has 2 unspecified atom stereocenters. The zero-order chi connectivity index (χ0) is 14.0. The fourth-order valence-corrected chi connectivity index (χ4v) is 3.28. The van der Waals surface area contributed by atoms with E-state index >= 15 is 0 Å². The lowest BCUT2D eigenvalue weighted by Crippen LogP contribution is -2.27. The van der Waals surface area contributed by atoms with Crippen LogP contribution in [0.1, 0.15) is 24.9 Å². The molecule has 1 aliphatic rings. The van der Waals surface area contributed by atoms with Crippen molar-refractivity contribution in [1.29, 1.82) is 0 Å². The molecular weight excluding hydrogens is 286 g/mol. The summed E-state index contributed by atoms with van der Waals surface area (Å²) in [5.74, 6) is 0.217. The minimum atomic E-state index is -0.421. The standard InChI is InChI=1S/C14H19Cl2FN2/c1-9(18-7-10-5-6-19(2)8-10)13-11(15)3-4-12(17)14(13)16/h3-4,9-10,18H,5-8H2,1-2H3. The Bertz CT molecular complexity index is 453. The minimum Gasteiger partial charge on any atom is -0.310 e. The van der Waals surface area contributed by atoms with Gasteiger partial charge in [0.2, 0.25) is 0 Å². The maximum absolute atomic E-state index is 13.5. The van der Waals surface area contributed by atoms with Crippen LogP contribution in [-0.2, 0) is 0 Å². The molecule has 0 bridgehead atoms. The number of hydrogen-bond donors (Lipinski definition) is 1. The van der Waals surface area contributed by atoms with Gasteiger partial charge in [-0.2, -0.15) is 0 Å². The molecule has 1 heterocycles. The highest BCUT2D eigenvalue weighted by atomic mass is 35.5. The van der Waals surface area contributed by atoms with Crippen molar-refractivity contribution in [2.75, 3.05) is 26.7 Å². The molecule has 0 amide bonds. The zero-order valence-electron chi connectivity index (χ0n) is 11.2. The van der Waals surface area contributed by atoms with Gasteiger partial charge in [-0.3, -0.25) is 0 Å². The third kappa shape index (κ3) is 3.60. The lowest BCUT2D eigenvalue weighted by molar-refractivity contribution is 0.382. The summed E-state index contributed by atoms with van der Waals surface area (Å²) in [4.78, 5) is 2.32. The minimum absolute atomic E-state index is 0.0541. The van der Waals surface area contributed by atoms with E-state index in [0.29, 0.717) is 16.5 Å². The average molecular weight is 305 g/mol. The van der Waals surface area contributed by atoms with E-state index in [0.717, 1.165) is 19.6 Å². The van der Waals surface area contributed by atoms with Gasteiger partial charge in [-0.05, 0) is 51.5 Å². The van der Waals surface area contributed by atoms with Crippen LogP contribution < -0.4 is 5.32 Å². The van der Waals surface area contributed by atoms with Crippen LogP contribution in [0, 0.1) is 11.7 Å². The second kappa shape index (κ2) is 6.40. The summed E-state index contributed by atoms with van der Waals surface area (Å²) >= 11 is 12.1. The van der Waals surface area contributed by atoms with Crippen molar-refractivity contribution in [2.45, 2.75) is 19.4 Å². The van der Waals surface area contributed by atoms with Crippen LogP contribution in [0.5, 0.6) is 0 Å². The molecule has 19 heavy (non-hydrogen) atoms. The number of rotatable bonds is 4. The molecule has 106 valence electrons. The SMILES string of the molecule is CC(NCC1CCN(C)C1)c1c(Cl)ccc(F)c1Cl. The van der Waals surface area contributed by atoms with Gasteiger partial charge in [-0.1, -0.05) is 23.2 Å². The average Bonchev–Trinajstić information content (AvgIpc) is 2.78. The summed E-state index contributed by atoms with van der Waals surface area (Å²) in [7, 11) is 2.13. The number of benzene rings is 1. The second-order valence-electron chi connectivity index (χ2n) is 5.30. The van der Waals surface area contributed by atoms with E-state index < -0.39 is 5.82 Å². The van der Waals surface area contributed by atoms with Gasteiger partial charge < -0.3 is 10.2 Å². The molecule has 0 spiro atoms.